The van der Waals surface area contributed by atoms with Crippen molar-refractivity contribution >= 4 is 75.3 Å². The molecule has 0 amide bonds. The Morgan fingerprint density at radius 1 is 0.708 bits per heavy atom. The van der Waals surface area contributed by atoms with E-state index in [0.717, 1.165) is 26.2 Å². The molecule has 0 aliphatic rings. The first-order valence-corrected chi connectivity index (χ1v) is 8.66. The third kappa shape index (κ3) is 1.72. The Morgan fingerprint density at radius 3 is 2.29 bits per heavy atom. The molecular weight excluding hydrogens is 440 g/mol. The van der Waals surface area contributed by atoms with Crippen LogP contribution >= 0.6 is 31.9 Å². The van der Waals surface area contributed by atoms with E-state index in [1.807, 2.05) is 24.3 Å². The molecule has 0 unspecified atom stereocenters. The van der Waals surface area contributed by atoms with Gasteiger partial charge in [-0.15, -0.1) is 0 Å². The summed E-state index contributed by atoms with van der Waals surface area (Å²) < 4.78 is 12.4. The lowest BCUT2D eigenvalue weighted by Crippen LogP contribution is -2.12. The van der Waals surface area contributed by atoms with Crippen LogP contribution in [0.1, 0.15) is 0 Å². The quantitative estimate of drug-likeness (QED) is 0.244. The lowest BCUT2D eigenvalue weighted by molar-refractivity contribution is 0.488. The molecule has 0 spiro atoms. The number of fused-ring (bicyclic) bond motifs is 2. The van der Waals surface area contributed by atoms with E-state index in [1.54, 1.807) is 12.1 Å². The highest BCUT2D eigenvalue weighted by Gasteiger charge is 2.19. The first-order chi connectivity index (χ1) is 11.5. The van der Waals surface area contributed by atoms with Gasteiger partial charge in [0.15, 0.2) is 0 Å². The molecule has 0 atom stereocenters. The summed E-state index contributed by atoms with van der Waals surface area (Å²) in [6.45, 7) is 0. The molecular formula is C18H6Br2O4. The highest BCUT2D eigenvalue weighted by Crippen LogP contribution is 2.40. The van der Waals surface area contributed by atoms with Crippen LogP contribution in [-0.2, 0) is 0 Å². The average molecular weight is 446 g/mol. The zero-order valence-electron chi connectivity index (χ0n) is 11.9. The van der Waals surface area contributed by atoms with Crippen molar-refractivity contribution in [2.45, 2.75) is 0 Å². The topological polar surface area (TPSA) is 60.4 Å². The minimum Gasteiger partial charge on any atom is -0.455 e. The number of halogens is 2. The van der Waals surface area contributed by atoms with Crippen LogP contribution < -0.4 is 11.3 Å². The fourth-order valence-corrected chi connectivity index (χ4v) is 4.13. The van der Waals surface area contributed by atoms with Gasteiger partial charge in [-0.25, -0.2) is 9.59 Å². The second-order valence-corrected chi connectivity index (χ2v) is 7.34. The molecule has 0 N–H and O–H groups in total. The molecule has 2 heterocycles. The van der Waals surface area contributed by atoms with Crippen LogP contribution in [0.25, 0.3) is 43.5 Å². The van der Waals surface area contributed by atoms with Gasteiger partial charge >= 0.3 is 11.3 Å². The third-order valence-corrected chi connectivity index (χ3v) is 5.34. The minimum absolute atomic E-state index is 0.360. The fraction of sp³-hybridized carbons (Fsp3) is 0. The largest absolute Gasteiger partial charge is 0.455 e. The molecule has 4 nitrogen and oxygen atoms in total. The van der Waals surface area contributed by atoms with Gasteiger partial charge < -0.3 is 8.83 Å². The molecule has 0 saturated carbocycles. The van der Waals surface area contributed by atoms with Crippen molar-refractivity contribution in [3.8, 4) is 0 Å². The lowest BCUT2D eigenvalue weighted by Gasteiger charge is -2.12. The molecule has 0 bridgehead atoms. The van der Waals surface area contributed by atoms with E-state index >= 15 is 0 Å². The lowest BCUT2D eigenvalue weighted by atomic mass is 9.97. The summed E-state index contributed by atoms with van der Waals surface area (Å²) in [6.07, 6.45) is 0. The Hall–Kier alpha value is -2.18. The highest BCUT2D eigenvalue weighted by atomic mass is 79.9. The summed E-state index contributed by atoms with van der Waals surface area (Å²) in [4.78, 5) is 24.2. The summed E-state index contributed by atoms with van der Waals surface area (Å²) in [5.74, 6) is 0. The van der Waals surface area contributed by atoms with Gasteiger partial charge in [0.1, 0.15) is 11.2 Å². The van der Waals surface area contributed by atoms with Crippen molar-refractivity contribution in [2.24, 2.45) is 0 Å². The molecule has 2 aromatic heterocycles. The van der Waals surface area contributed by atoms with Crippen LogP contribution in [0, 0.1) is 0 Å². The van der Waals surface area contributed by atoms with Gasteiger partial charge in [0, 0.05) is 20.6 Å². The SMILES string of the molecule is O=c1oc(=O)c2cc(Br)c3oc4ccc(Br)cc4c4ccc1c2c34. The van der Waals surface area contributed by atoms with E-state index in [9.17, 15) is 9.59 Å². The molecule has 0 aliphatic carbocycles. The molecule has 6 heteroatoms. The number of rotatable bonds is 0. The third-order valence-electron chi connectivity index (χ3n) is 4.26. The van der Waals surface area contributed by atoms with Crippen molar-refractivity contribution in [2.75, 3.05) is 0 Å². The van der Waals surface area contributed by atoms with Gasteiger partial charge in [-0.05, 0) is 51.6 Å². The normalized spacial score (nSPS) is 12.1. The monoisotopic (exact) mass is 444 g/mol. The molecule has 0 aliphatic heterocycles. The Kier molecular flexibility index (Phi) is 2.76. The Morgan fingerprint density at radius 2 is 1.46 bits per heavy atom. The van der Waals surface area contributed by atoms with Crippen LogP contribution in [-0.4, -0.2) is 0 Å². The maximum Gasteiger partial charge on any atom is 0.346 e. The summed E-state index contributed by atoms with van der Waals surface area (Å²) in [7, 11) is 0. The van der Waals surface area contributed by atoms with E-state index in [4.69, 9.17) is 8.83 Å². The van der Waals surface area contributed by atoms with Gasteiger partial charge in [0.25, 0.3) is 0 Å². The predicted molar refractivity (Wildman–Crippen MR) is 100 cm³/mol. The number of benzene rings is 3. The van der Waals surface area contributed by atoms with Crippen LogP contribution in [0.5, 0.6) is 0 Å². The van der Waals surface area contributed by atoms with Gasteiger partial charge in [-0.1, -0.05) is 22.0 Å². The van der Waals surface area contributed by atoms with Crippen molar-refractivity contribution in [1.29, 1.82) is 0 Å². The second kappa shape index (κ2) is 4.68. The van der Waals surface area contributed by atoms with E-state index < -0.39 is 11.3 Å². The van der Waals surface area contributed by atoms with Gasteiger partial charge in [-0.2, -0.15) is 0 Å². The minimum atomic E-state index is -0.642. The summed E-state index contributed by atoms with van der Waals surface area (Å²) in [5, 5.41) is 3.87. The summed E-state index contributed by atoms with van der Waals surface area (Å²) in [5.41, 5.74) is 0.0476. The van der Waals surface area contributed by atoms with E-state index in [1.165, 1.54) is 0 Å². The highest BCUT2D eigenvalue weighted by molar-refractivity contribution is 9.11. The Bertz CT molecular complexity index is 1410. The first kappa shape index (κ1) is 14.2. The Balaban J connectivity index is 2.26. The van der Waals surface area contributed by atoms with Gasteiger partial charge in [-0.3, -0.25) is 0 Å². The molecule has 116 valence electrons. The zero-order chi connectivity index (χ0) is 16.6. The molecule has 5 aromatic rings. The van der Waals surface area contributed by atoms with Crippen molar-refractivity contribution in [1.82, 2.24) is 0 Å². The van der Waals surface area contributed by atoms with Crippen LogP contribution in [0.3, 0.4) is 0 Å². The number of hydrogen-bond donors (Lipinski definition) is 0. The van der Waals surface area contributed by atoms with Crippen LogP contribution in [0.2, 0.25) is 0 Å². The van der Waals surface area contributed by atoms with Crippen LogP contribution in [0.15, 0.2) is 63.8 Å². The number of hydrogen-bond acceptors (Lipinski definition) is 4. The predicted octanol–water partition coefficient (Wildman–Crippen LogP) is 5.17. The standard InChI is InChI=1S/C18H6Br2O4/c19-7-1-4-13-10(5-7)8-2-3-9-14-11(18(22)24-17(9)21)6-12(20)16(23-13)15(8)14/h1-6H. The molecule has 0 fully saturated rings. The molecule has 0 saturated heterocycles. The van der Waals surface area contributed by atoms with E-state index in [-0.39, 0.29) is 0 Å². The maximum absolute atomic E-state index is 12.2. The smallest absolute Gasteiger partial charge is 0.346 e. The average Bonchev–Trinajstić information content (AvgIpc) is 2.56. The summed E-state index contributed by atoms with van der Waals surface area (Å²) in [6, 6.07) is 10.9. The first-order valence-electron chi connectivity index (χ1n) is 7.08. The second-order valence-electron chi connectivity index (χ2n) is 5.57. The van der Waals surface area contributed by atoms with Crippen molar-refractivity contribution in [3.05, 3.63) is 66.2 Å². The molecule has 24 heavy (non-hydrogen) atoms. The Labute approximate surface area is 150 Å². The fourth-order valence-electron chi connectivity index (χ4n) is 3.26. The van der Waals surface area contributed by atoms with Gasteiger partial charge in [0.2, 0.25) is 0 Å². The molecule has 0 radical (unpaired) electrons. The van der Waals surface area contributed by atoms with Crippen molar-refractivity contribution < 1.29 is 8.83 Å². The maximum atomic E-state index is 12.2. The molecule has 5 rings (SSSR count). The van der Waals surface area contributed by atoms with Gasteiger partial charge in [0.05, 0.1) is 15.2 Å². The van der Waals surface area contributed by atoms with E-state index in [0.29, 0.717) is 26.2 Å². The zero-order valence-corrected chi connectivity index (χ0v) is 15.0. The van der Waals surface area contributed by atoms with E-state index in [2.05, 4.69) is 31.9 Å². The molecule has 3 aromatic carbocycles. The van der Waals surface area contributed by atoms with Crippen molar-refractivity contribution in [3.63, 3.8) is 0 Å². The summed E-state index contributed by atoms with van der Waals surface area (Å²) >= 11 is 6.94. The van der Waals surface area contributed by atoms with Crippen LogP contribution in [0.4, 0.5) is 0 Å².